The molecule has 29 heavy (non-hydrogen) atoms. The van der Waals surface area contributed by atoms with E-state index in [0.29, 0.717) is 37.3 Å². The highest BCUT2D eigenvalue weighted by Gasteiger charge is 2.44. The summed E-state index contributed by atoms with van der Waals surface area (Å²) >= 11 is 0. The molecule has 2 bridgehead atoms. The number of aromatic nitrogens is 1. The lowest BCUT2D eigenvalue weighted by Gasteiger charge is -2.47. The van der Waals surface area contributed by atoms with Crippen molar-refractivity contribution in [2.45, 2.75) is 38.5 Å². The molecule has 152 valence electrons. The molecule has 2 saturated heterocycles. The number of carbonyl (C=O) groups excluding carboxylic acids is 2. The maximum Gasteiger partial charge on any atom is 0.410 e. The first kappa shape index (κ1) is 19.5. The number of pyridine rings is 1. The van der Waals surface area contributed by atoms with Crippen molar-refractivity contribution in [1.82, 2.24) is 9.88 Å². The van der Waals surface area contributed by atoms with Crippen LogP contribution in [-0.4, -0.2) is 47.1 Å². The molecule has 0 aliphatic carbocycles. The molecular weight excluding hydrogens is 375 g/mol. The van der Waals surface area contributed by atoms with Crippen molar-refractivity contribution >= 4 is 11.9 Å². The average molecular weight is 398 g/mol. The van der Waals surface area contributed by atoms with E-state index in [4.69, 9.17) is 9.47 Å². The Morgan fingerprint density at radius 3 is 2.48 bits per heavy atom. The first-order valence-corrected chi connectivity index (χ1v) is 9.77. The van der Waals surface area contributed by atoms with Gasteiger partial charge in [0.1, 0.15) is 6.61 Å². The Morgan fingerprint density at radius 1 is 1.14 bits per heavy atom. The molecule has 2 atom stereocenters. The highest BCUT2D eigenvalue weighted by atomic mass is 19.1. The highest BCUT2D eigenvalue weighted by Crippen LogP contribution is 2.34. The number of hydrogen-bond donors (Lipinski definition) is 0. The molecule has 2 aliphatic rings. The van der Waals surface area contributed by atoms with Crippen molar-refractivity contribution in [1.29, 1.82) is 0 Å². The molecule has 0 spiro atoms. The number of fused-ring (bicyclic) bond motifs is 2. The summed E-state index contributed by atoms with van der Waals surface area (Å²) in [6, 6.07) is 11.8. The third kappa shape index (κ3) is 4.15. The smallest absolute Gasteiger partial charge is 0.410 e. The van der Waals surface area contributed by atoms with E-state index in [1.807, 2.05) is 30.3 Å². The lowest BCUT2D eigenvalue weighted by molar-refractivity contribution is -0.0755. The van der Waals surface area contributed by atoms with Crippen molar-refractivity contribution in [3.63, 3.8) is 0 Å². The predicted molar refractivity (Wildman–Crippen MR) is 103 cm³/mol. The Balaban J connectivity index is 1.44. The molecule has 1 amide bonds. The van der Waals surface area contributed by atoms with Crippen LogP contribution in [0.4, 0.5) is 9.18 Å². The fourth-order valence-electron chi connectivity index (χ4n) is 4.23. The predicted octanol–water partition coefficient (Wildman–Crippen LogP) is 3.53. The van der Waals surface area contributed by atoms with E-state index in [9.17, 15) is 14.0 Å². The largest absolute Gasteiger partial charge is 0.445 e. The van der Waals surface area contributed by atoms with Gasteiger partial charge in [-0.1, -0.05) is 30.3 Å². The maximum atomic E-state index is 13.3. The molecule has 2 aliphatic heterocycles. The number of Topliss-reactive ketones (excluding diaryl/α,β-unsaturated/α-hetero) is 1. The van der Waals surface area contributed by atoms with Gasteiger partial charge < -0.3 is 9.47 Å². The summed E-state index contributed by atoms with van der Waals surface area (Å²) in [5.74, 6) is -0.900. The quantitative estimate of drug-likeness (QED) is 0.582. The minimum Gasteiger partial charge on any atom is -0.445 e. The number of morpholine rings is 1. The third-order valence-electron chi connectivity index (χ3n) is 5.62. The number of ether oxygens (including phenoxy) is 2. The number of ketones is 1. The molecule has 2 fully saturated rings. The van der Waals surface area contributed by atoms with E-state index < -0.39 is 5.95 Å². The number of hydrogen-bond acceptors (Lipinski definition) is 5. The molecule has 0 saturated carbocycles. The van der Waals surface area contributed by atoms with E-state index in [0.717, 1.165) is 5.56 Å². The molecular formula is C22H23FN2O4. The molecule has 2 unspecified atom stereocenters. The van der Waals surface area contributed by atoms with E-state index in [2.05, 4.69) is 4.98 Å². The molecule has 6 nitrogen and oxygen atoms in total. The van der Waals surface area contributed by atoms with Crippen LogP contribution in [-0.2, 0) is 16.1 Å². The number of halogens is 1. The lowest BCUT2D eigenvalue weighted by atomic mass is 9.80. The van der Waals surface area contributed by atoms with E-state index in [1.54, 1.807) is 11.8 Å². The molecule has 2 aromatic rings. The summed E-state index contributed by atoms with van der Waals surface area (Å²) < 4.78 is 24.4. The number of amides is 1. The monoisotopic (exact) mass is 398 g/mol. The third-order valence-corrected chi connectivity index (χ3v) is 5.62. The van der Waals surface area contributed by atoms with Gasteiger partial charge in [0.25, 0.3) is 0 Å². The number of benzene rings is 1. The zero-order valence-electron chi connectivity index (χ0n) is 16.2. The molecule has 4 rings (SSSR count). The van der Waals surface area contributed by atoms with Gasteiger partial charge in [0.15, 0.2) is 5.78 Å². The number of nitrogens with zero attached hydrogens (tertiary/aromatic N) is 2. The number of carbonyl (C=O) groups is 2. The fourth-order valence-corrected chi connectivity index (χ4v) is 4.23. The minimum atomic E-state index is -0.597. The van der Waals surface area contributed by atoms with Crippen LogP contribution in [0.1, 0.15) is 34.5 Å². The number of aryl methyl sites for hydroxylation is 1. The number of piperidine rings is 1. The Morgan fingerprint density at radius 2 is 1.83 bits per heavy atom. The molecule has 7 heteroatoms. The Bertz CT molecular complexity index is 891. The lowest BCUT2D eigenvalue weighted by Crippen LogP contribution is -2.60. The minimum absolute atomic E-state index is 0.0517. The van der Waals surface area contributed by atoms with Crippen LogP contribution in [0.15, 0.2) is 42.5 Å². The first-order valence-electron chi connectivity index (χ1n) is 9.77. The SMILES string of the molecule is Cc1nc(F)ccc1C(=O)C1CC2COCC(C1)N2C(=O)OCc1ccccc1. The van der Waals surface area contributed by atoms with E-state index in [1.165, 1.54) is 12.1 Å². The van der Waals surface area contributed by atoms with Crippen molar-refractivity contribution < 1.29 is 23.5 Å². The Labute approximate surface area is 168 Å². The average Bonchev–Trinajstić information content (AvgIpc) is 2.71. The summed E-state index contributed by atoms with van der Waals surface area (Å²) in [5.41, 5.74) is 1.75. The van der Waals surface area contributed by atoms with Gasteiger partial charge in [-0.3, -0.25) is 9.69 Å². The van der Waals surface area contributed by atoms with Crippen LogP contribution in [0.5, 0.6) is 0 Å². The molecule has 0 radical (unpaired) electrons. The topological polar surface area (TPSA) is 68.7 Å². The van der Waals surface area contributed by atoms with E-state index in [-0.39, 0.29) is 36.5 Å². The van der Waals surface area contributed by atoms with Crippen LogP contribution in [0.3, 0.4) is 0 Å². The van der Waals surface area contributed by atoms with Gasteiger partial charge in [0, 0.05) is 11.5 Å². The van der Waals surface area contributed by atoms with Crippen molar-refractivity contribution in [3.05, 3.63) is 65.2 Å². The summed E-state index contributed by atoms with van der Waals surface area (Å²) in [4.78, 5) is 31.2. The zero-order chi connectivity index (χ0) is 20.4. The molecule has 1 aromatic heterocycles. The summed E-state index contributed by atoms with van der Waals surface area (Å²) in [6.07, 6.45) is 0.608. The summed E-state index contributed by atoms with van der Waals surface area (Å²) in [6.45, 7) is 2.60. The first-order chi connectivity index (χ1) is 14.0. The highest BCUT2D eigenvalue weighted by molar-refractivity contribution is 5.99. The zero-order valence-corrected chi connectivity index (χ0v) is 16.2. The molecule has 0 N–H and O–H groups in total. The standard InChI is InChI=1S/C22H23FN2O4/c1-14-19(7-8-20(23)24-14)21(26)16-9-17-12-28-13-18(10-16)25(17)22(27)29-11-15-5-3-2-4-6-15/h2-8,16-18H,9-13H2,1H3. The van der Waals surface area contributed by atoms with Gasteiger partial charge in [0.2, 0.25) is 5.95 Å². The van der Waals surface area contributed by atoms with Gasteiger partial charge in [-0.2, -0.15) is 4.39 Å². The molecule has 1 aromatic carbocycles. The Hall–Kier alpha value is -2.80. The second-order valence-electron chi connectivity index (χ2n) is 7.59. The normalized spacial score (nSPS) is 23.5. The summed E-state index contributed by atoms with van der Waals surface area (Å²) in [7, 11) is 0. The van der Waals surface area contributed by atoms with Gasteiger partial charge in [0.05, 0.1) is 31.0 Å². The van der Waals surface area contributed by atoms with Crippen LogP contribution >= 0.6 is 0 Å². The van der Waals surface area contributed by atoms with Crippen LogP contribution in [0.2, 0.25) is 0 Å². The van der Waals surface area contributed by atoms with Crippen molar-refractivity contribution in [2.24, 2.45) is 5.92 Å². The van der Waals surface area contributed by atoms with Crippen LogP contribution in [0, 0.1) is 18.8 Å². The van der Waals surface area contributed by atoms with E-state index >= 15 is 0 Å². The second kappa shape index (κ2) is 8.29. The Kier molecular flexibility index (Phi) is 5.58. The van der Waals surface area contributed by atoms with Gasteiger partial charge in [-0.15, -0.1) is 0 Å². The van der Waals surface area contributed by atoms with Crippen LogP contribution in [0.25, 0.3) is 0 Å². The van der Waals surface area contributed by atoms with Gasteiger partial charge in [-0.05, 0) is 37.5 Å². The van der Waals surface area contributed by atoms with Gasteiger partial charge in [-0.25, -0.2) is 9.78 Å². The maximum absolute atomic E-state index is 13.3. The van der Waals surface area contributed by atoms with Gasteiger partial charge >= 0.3 is 6.09 Å². The van der Waals surface area contributed by atoms with Crippen molar-refractivity contribution in [3.8, 4) is 0 Å². The fraction of sp³-hybridized carbons (Fsp3) is 0.409. The molecule has 3 heterocycles. The van der Waals surface area contributed by atoms with Crippen LogP contribution < -0.4 is 0 Å². The summed E-state index contributed by atoms with van der Waals surface area (Å²) in [5, 5.41) is 0. The second-order valence-corrected chi connectivity index (χ2v) is 7.59. The number of rotatable bonds is 4. The van der Waals surface area contributed by atoms with Crippen molar-refractivity contribution in [2.75, 3.05) is 13.2 Å².